The minimum Gasteiger partial charge on any atom is -0.507 e. The lowest BCUT2D eigenvalue weighted by atomic mass is 10.0. The normalized spacial score (nSPS) is 14.0. The topological polar surface area (TPSA) is 50.1 Å². The molecule has 1 aromatic heterocycles. The molecule has 0 spiro atoms. The summed E-state index contributed by atoms with van der Waals surface area (Å²) in [7, 11) is 0. The summed E-state index contributed by atoms with van der Waals surface area (Å²) in [5, 5.41) is 17.4. The molecule has 1 aliphatic heterocycles. The van der Waals surface area contributed by atoms with Crippen molar-refractivity contribution in [1.29, 1.82) is 0 Å². The Balaban J connectivity index is 2.10. The van der Waals surface area contributed by atoms with Gasteiger partial charge in [0.25, 0.3) is 0 Å². The third-order valence-electron chi connectivity index (χ3n) is 3.00. The number of nitrogens with zero attached hydrogens (tertiary/aromatic N) is 2. The highest BCUT2D eigenvalue weighted by atomic mass is 79.9. The van der Waals surface area contributed by atoms with Gasteiger partial charge < -0.3 is 10.4 Å². The Hall–Kier alpha value is -2.01. The summed E-state index contributed by atoms with van der Waals surface area (Å²) in [4.78, 5) is 0. The van der Waals surface area contributed by atoms with Gasteiger partial charge in [0, 0.05) is 23.0 Å². The van der Waals surface area contributed by atoms with Gasteiger partial charge in [-0.2, -0.15) is 5.10 Å². The fourth-order valence-electron chi connectivity index (χ4n) is 2.07. The molecule has 0 fully saturated rings. The number of para-hydroxylation sites is 1. The van der Waals surface area contributed by atoms with E-state index in [1.54, 1.807) is 12.3 Å². The summed E-state index contributed by atoms with van der Waals surface area (Å²) in [6, 6.07) is 7.27. The lowest BCUT2D eigenvalue weighted by Gasteiger charge is -2.05. The lowest BCUT2D eigenvalue weighted by Crippen LogP contribution is -1.99. The smallest absolute Gasteiger partial charge is 0.147 e. The molecular weight excluding hydrogens is 306 g/mol. The van der Waals surface area contributed by atoms with Crippen LogP contribution in [0.15, 0.2) is 47.2 Å². The summed E-state index contributed by atoms with van der Waals surface area (Å²) < 4.78 is 2.71. The second-order valence-corrected chi connectivity index (χ2v) is 5.15. The van der Waals surface area contributed by atoms with Gasteiger partial charge in [-0.15, -0.1) is 0 Å². The highest BCUT2D eigenvalue weighted by molar-refractivity contribution is 9.10. The van der Waals surface area contributed by atoms with Crippen molar-refractivity contribution in [1.82, 2.24) is 9.78 Å². The van der Waals surface area contributed by atoms with Crippen molar-refractivity contribution in [2.24, 2.45) is 0 Å². The number of rotatable bonds is 1. The summed E-state index contributed by atoms with van der Waals surface area (Å²) in [6.07, 6.45) is 5.60. The SMILES string of the molecule is CC1=CC(c2ccccc2O)=CNc2c(Br)cnn21. The van der Waals surface area contributed by atoms with E-state index in [1.165, 1.54) is 0 Å². The van der Waals surface area contributed by atoms with Gasteiger partial charge in [0.15, 0.2) is 0 Å². The maximum atomic E-state index is 9.93. The van der Waals surface area contributed by atoms with Gasteiger partial charge >= 0.3 is 0 Å². The van der Waals surface area contributed by atoms with Crippen molar-refractivity contribution in [3.8, 4) is 5.75 Å². The molecule has 19 heavy (non-hydrogen) atoms. The van der Waals surface area contributed by atoms with E-state index in [2.05, 4.69) is 26.3 Å². The molecule has 2 aromatic rings. The Morgan fingerprint density at radius 3 is 2.89 bits per heavy atom. The van der Waals surface area contributed by atoms with Crippen LogP contribution in [0.5, 0.6) is 5.75 Å². The van der Waals surface area contributed by atoms with Crippen LogP contribution in [0.2, 0.25) is 0 Å². The fourth-order valence-corrected chi connectivity index (χ4v) is 2.45. The van der Waals surface area contributed by atoms with Crippen LogP contribution in [0.4, 0.5) is 5.82 Å². The highest BCUT2D eigenvalue weighted by Crippen LogP contribution is 2.32. The number of phenols is 1. The van der Waals surface area contributed by atoms with Gasteiger partial charge in [0.2, 0.25) is 0 Å². The first-order valence-corrected chi connectivity index (χ1v) is 6.63. The molecule has 2 N–H and O–H groups in total. The second-order valence-electron chi connectivity index (χ2n) is 4.30. The number of aromatic hydroxyl groups is 1. The first kappa shape index (κ1) is 12.0. The van der Waals surface area contributed by atoms with Gasteiger partial charge in [-0.05, 0) is 35.0 Å². The third-order valence-corrected chi connectivity index (χ3v) is 3.58. The minimum atomic E-state index is 0.262. The molecule has 4 nitrogen and oxygen atoms in total. The Morgan fingerprint density at radius 2 is 2.11 bits per heavy atom. The van der Waals surface area contributed by atoms with Crippen LogP contribution in [0.3, 0.4) is 0 Å². The molecule has 0 aliphatic carbocycles. The van der Waals surface area contributed by atoms with Gasteiger partial charge in [0.05, 0.1) is 10.7 Å². The van der Waals surface area contributed by atoms with Crippen LogP contribution in [0, 0.1) is 0 Å². The van der Waals surface area contributed by atoms with Gasteiger partial charge in [-0.1, -0.05) is 18.2 Å². The first-order valence-electron chi connectivity index (χ1n) is 5.84. The van der Waals surface area contributed by atoms with E-state index < -0.39 is 0 Å². The van der Waals surface area contributed by atoms with Gasteiger partial charge in [-0.3, -0.25) is 0 Å². The Kier molecular flexibility index (Phi) is 2.91. The number of nitrogens with one attached hydrogen (secondary N) is 1. The molecule has 0 saturated heterocycles. The number of aromatic nitrogens is 2. The molecule has 3 rings (SSSR count). The number of halogens is 1. The van der Waals surface area contributed by atoms with E-state index in [9.17, 15) is 5.11 Å². The van der Waals surface area contributed by atoms with Crippen molar-refractivity contribution in [2.75, 3.05) is 5.32 Å². The molecule has 2 heterocycles. The highest BCUT2D eigenvalue weighted by Gasteiger charge is 2.14. The number of allylic oxidation sites excluding steroid dienone is 3. The van der Waals surface area contributed by atoms with E-state index in [-0.39, 0.29) is 5.75 Å². The van der Waals surface area contributed by atoms with Crippen molar-refractivity contribution in [3.05, 3.63) is 52.8 Å². The van der Waals surface area contributed by atoms with Crippen molar-refractivity contribution in [3.63, 3.8) is 0 Å². The Morgan fingerprint density at radius 1 is 1.32 bits per heavy atom. The standard InChI is InChI=1S/C14H12BrN3O/c1-9-6-10(11-4-2-3-5-13(11)19)7-16-14-12(15)8-17-18(9)14/h2-8,16,19H,1H3. The fraction of sp³-hybridized carbons (Fsp3) is 0.0714. The predicted octanol–water partition coefficient (Wildman–Crippen LogP) is 3.68. The number of benzene rings is 1. The molecule has 0 unspecified atom stereocenters. The average molecular weight is 318 g/mol. The summed E-state index contributed by atoms with van der Waals surface area (Å²) in [5.41, 5.74) is 2.67. The number of fused-ring (bicyclic) bond motifs is 1. The van der Waals surface area contributed by atoms with Crippen LogP contribution < -0.4 is 5.32 Å². The van der Waals surface area contributed by atoms with E-state index in [4.69, 9.17) is 0 Å². The zero-order valence-electron chi connectivity index (χ0n) is 10.3. The Bertz CT molecular complexity index is 700. The molecule has 5 heteroatoms. The quantitative estimate of drug-likeness (QED) is 0.843. The molecule has 0 amide bonds. The molecule has 1 aromatic carbocycles. The second kappa shape index (κ2) is 4.59. The summed E-state index contributed by atoms with van der Waals surface area (Å²) in [6.45, 7) is 1.98. The third kappa shape index (κ3) is 2.06. The van der Waals surface area contributed by atoms with E-state index in [0.717, 1.165) is 27.1 Å². The maximum Gasteiger partial charge on any atom is 0.147 e. The number of phenolic OH excluding ortho intramolecular Hbond substituents is 1. The predicted molar refractivity (Wildman–Crippen MR) is 79.6 cm³/mol. The minimum absolute atomic E-state index is 0.262. The average Bonchev–Trinajstić information content (AvgIpc) is 2.67. The number of hydrogen-bond donors (Lipinski definition) is 2. The molecule has 1 aliphatic rings. The largest absolute Gasteiger partial charge is 0.507 e. The monoisotopic (exact) mass is 317 g/mol. The molecule has 0 atom stereocenters. The van der Waals surface area contributed by atoms with Crippen LogP contribution in [0.25, 0.3) is 11.3 Å². The number of hydrogen-bond acceptors (Lipinski definition) is 3. The zero-order chi connectivity index (χ0) is 13.4. The van der Waals surface area contributed by atoms with E-state index >= 15 is 0 Å². The summed E-state index contributed by atoms with van der Waals surface area (Å²) in [5.74, 6) is 1.14. The molecule has 96 valence electrons. The van der Waals surface area contributed by atoms with Crippen LogP contribution in [-0.2, 0) is 0 Å². The molecule has 0 saturated carbocycles. The lowest BCUT2D eigenvalue weighted by molar-refractivity contribution is 0.473. The molecule has 0 bridgehead atoms. The van der Waals surface area contributed by atoms with Crippen molar-refractivity contribution in [2.45, 2.75) is 6.92 Å². The number of anilines is 1. The van der Waals surface area contributed by atoms with Gasteiger partial charge in [0.1, 0.15) is 11.6 Å². The van der Waals surface area contributed by atoms with Crippen molar-refractivity contribution < 1.29 is 5.11 Å². The van der Waals surface area contributed by atoms with Gasteiger partial charge in [-0.25, -0.2) is 4.68 Å². The van der Waals surface area contributed by atoms with Crippen LogP contribution >= 0.6 is 15.9 Å². The van der Waals surface area contributed by atoms with E-state index in [0.29, 0.717) is 0 Å². The van der Waals surface area contributed by atoms with Crippen LogP contribution in [0.1, 0.15) is 12.5 Å². The van der Waals surface area contributed by atoms with Crippen LogP contribution in [-0.4, -0.2) is 14.9 Å². The zero-order valence-corrected chi connectivity index (χ0v) is 11.8. The van der Waals surface area contributed by atoms with Crippen molar-refractivity contribution >= 4 is 33.0 Å². The Labute approximate surface area is 119 Å². The maximum absolute atomic E-state index is 9.93. The molecular formula is C14H12BrN3O. The first-order chi connectivity index (χ1) is 9.16. The van der Waals surface area contributed by atoms with E-state index in [1.807, 2.05) is 42.1 Å². The summed E-state index contributed by atoms with van der Waals surface area (Å²) >= 11 is 3.45. The molecule has 0 radical (unpaired) electrons.